The SMILES string of the molecule is O=C(NCCCS(=O)(=O)N1CCN(c2ccccc2F)CC1)c1ccc2c(c1)OCO2. The lowest BCUT2D eigenvalue weighted by Crippen LogP contribution is -2.49. The summed E-state index contributed by atoms with van der Waals surface area (Å²) < 4.78 is 51.1. The molecular formula is C21H24FN3O5S. The maximum atomic E-state index is 13.9. The summed E-state index contributed by atoms with van der Waals surface area (Å²) in [6.07, 6.45) is 0.298. The molecule has 10 heteroatoms. The fourth-order valence-electron chi connectivity index (χ4n) is 3.64. The number of sulfonamides is 1. The topological polar surface area (TPSA) is 88.2 Å². The first-order valence-corrected chi connectivity index (χ1v) is 11.7. The van der Waals surface area contributed by atoms with E-state index < -0.39 is 10.0 Å². The molecule has 0 saturated carbocycles. The van der Waals surface area contributed by atoms with E-state index in [1.165, 1.54) is 10.4 Å². The van der Waals surface area contributed by atoms with Gasteiger partial charge in [0.1, 0.15) is 5.82 Å². The molecule has 0 radical (unpaired) electrons. The van der Waals surface area contributed by atoms with Gasteiger partial charge in [-0.15, -0.1) is 0 Å². The van der Waals surface area contributed by atoms with Crippen LogP contribution in [0.3, 0.4) is 0 Å². The molecule has 2 aromatic carbocycles. The minimum atomic E-state index is -3.44. The lowest BCUT2D eigenvalue weighted by atomic mass is 10.2. The second-order valence-corrected chi connectivity index (χ2v) is 9.42. The molecule has 1 saturated heterocycles. The number of carbonyl (C=O) groups is 1. The first-order chi connectivity index (χ1) is 14.9. The Balaban J connectivity index is 1.22. The molecule has 2 aliphatic heterocycles. The molecule has 2 aliphatic rings. The van der Waals surface area contributed by atoms with Gasteiger partial charge in [0, 0.05) is 38.3 Å². The Hall–Kier alpha value is -2.85. The summed E-state index contributed by atoms with van der Waals surface area (Å²) in [5, 5.41) is 2.73. The lowest BCUT2D eigenvalue weighted by Gasteiger charge is -2.35. The highest BCUT2D eigenvalue weighted by Crippen LogP contribution is 2.32. The highest BCUT2D eigenvalue weighted by atomic mass is 32.2. The van der Waals surface area contributed by atoms with Crippen molar-refractivity contribution in [3.63, 3.8) is 0 Å². The minimum Gasteiger partial charge on any atom is -0.454 e. The molecule has 4 rings (SSSR count). The van der Waals surface area contributed by atoms with Crippen molar-refractivity contribution in [3.05, 3.63) is 53.8 Å². The summed E-state index contributed by atoms with van der Waals surface area (Å²) in [5.41, 5.74) is 0.919. The largest absolute Gasteiger partial charge is 0.454 e. The summed E-state index contributed by atoms with van der Waals surface area (Å²) >= 11 is 0. The molecule has 0 atom stereocenters. The number of halogens is 1. The number of rotatable bonds is 7. The molecule has 0 aliphatic carbocycles. The Morgan fingerprint density at radius 2 is 1.77 bits per heavy atom. The maximum absolute atomic E-state index is 13.9. The minimum absolute atomic E-state index is 0.0614. The van der Waals surface area contributed by atoms with E-state index in [2.05, 4.69) is 5.32 Å². The monoisotopic (exact) mass is 449 g/mol. The number of hydrogen-bond acceptors (Lipinski definition) is 6. The van der Waals surface area contributed by atoms with Gasteiger partial charge in [-0.2, -0.15) is 4.31 Å². The Morgan fingerprint density at radius 1 is 1.03 bits per heavy atom. The van der Waals surface area contributed by atoms with E-state index in [1.54, 1.807) is 36.4 Å². The van der Waals surface area contributed by atoms with Crippen LogP contribution in [-0.2, 0) is 10.0 Å². The van der Waals surface area contributed by atoms with Crippen LogP contribution in [0.1, 0.15) is 16.8 Å². The molecule has 0 aromatic heterocycles. The smallest absolute Gasteiger partial charge is 0.251 e. The van der Waals surface area contributed by atoms with Crippen molar-refractivity contribution in [1.29, 1.82) is 0 Å². The second-order valence-electron chi connectivity index (χ2n) is 7.33. The van der Waals surface area contributed by atoms with Crippen LogP contribution in [-0.4, -0.2) is 63.9 Å². The van der Waals surface area contributed by atoms with Crippen molar-refractivity contribution in [3.8, 4) is 11.5 Å². The van der Waals surface area contributed by atoms with Gasteiger partial charge in [-0.1, -0.05) is 12.1 Å². The van der Waals surface area contributed by atoms with E-state index in [-0.39, 0.29) is 30.8 Å². The van der Waals surface area contributed by atoms with Crippen LogP contribution >= 0.6 is 0 Å². The van der Waals surface area contributed by atoms with Gasteiger partial charge in [0.15, 0.2) is 11.5 Å². The third-order valence-electron chi connectivity index (χ3n) is 5.32. The van der Waals surface area contributed by atoms with Crippen LogP contribution in [0.2, 0.25) is 0 Å². The normalized spacial score (nSPS) is 16.4. The van der Waals surface area contributed by atoms with E-state index in [1.807, 2.05) is 4.90 Å². The Morgan fingerprint density at radius 3 is 2.55 bits per heavy atom. The number of amides is 1. The summed E-state index contributed by atoms with van der Waals surface area (Å²) in [6, 6.07) is 11.4. The van der Waals surface area contributed by atoms with Crippen LogP contribution in [0.4, 0.5) is 10.1 Å². The molecule has 1 fully saturated rings. The summed E-state index contributed by atoms with van der Waals surface area (Å²) in [4.78, 5) is 14.1. The zero-order chi connectivity index (χ0) is 21.8. The first-order valence-electron chi connectivity index (χ1n) is 10.1. The van der Waals surface area contributed by atoms with Crippen LogP contribution in [0.25, 0.3) is 0 Å². The van der Waals surface area contributed by atoms with Gasteiger partial charge in [-0.3, -0.25) is 4.79 Å². The summed E-state index contributed by atoms with van der Waals surface area (Å²) in [6.45, 7) is 1.84. The molecule has 1 amide bonds. The summed E-state index contributed by atoms with van der Waals surface area (Å²) in [7, 11) is -3.44. The second kappa shape index (κ2) is 9.11. The number of nitrogens with zero attached hydrogens (tertiary/aromatic N) is 2. The number of carbonyl (C=O) groups excluding carboxylic acids is 1. The predicted octanol–water partition coefficient (Wildman–Crippen LogP) is 1.83. The molecule has 0 unspecified atom stereocenters. The number of nitrogens with one attached hydrogen (secondary N) is 1. The average Bonchev–Trinajstić information content (AvgIpc) is 3.25. The summed E-state index contributed by atoms with van der Waals surface area (Å²) in [5.74, 6) is 0.447. The number of fused-ring (bicyclic) bond motifs is 1. The van der Waals surface area contributed by atoms with E-state index in [0.29, 0.717) is 55.3 Å². The third kappa shape index (κ3) is 4.91. The Kier molecular flexibility index (Phi) is 6.28. The molecule has 31 heavy (non-hydrogen) atoms. The highest BCUT2D eigenvalue weighted by molar-refractivity contribution is 7.89. The zero-order valence-electron chi connectivity index (χ0n) is 16.9. The van der Waals surface area contributed by atoms with Gasteiger partial charge in [0.05, 0.1) is 11.4 Å². The highest BCUT2D eigenvalue weighted by Gasteiger charge is 2.27. The van der Waals surface area contributed by atoms with Crippen molar-refractivity contribution in [2.75, 3.05) is 50.2 Å². The number of piperazine rings is 1. The van der Waals surface area contributed by atoms with Crippen LogP contribution in [0.5, 0.6) is 11.5 Å². The van der Waals surface area contributed by atoms with Gasteiger partial charge in [0.25, 0.3) is 5.91 Å². The molecule has 0 spiro atoms. The molecule has 2 heterocycles. The van der Waals surface area contributed by atoms with Gasteiger partial charge in [-0.25, -0.2) is 12.8 Å². The molecular weight excluding hydrogens is 425 g/mol. The standard InChI is InChI=1S/C21H24FN3O5S/c22-17-4-1-2-5-18(17)24-9-11-25(12-10-24)31(27,28)13-3-8-23-21(26)16-6-7-19-20(14-16)30-15-29-19/h1-2,4-7,14H,3,8-13,15H2,(H,23,26). The van der Waals surface area contributed by atoms with Gasteiger partial charge < -0.3 is 19.7 Å². The fourth-order valence-corrected chi connectivity index (χ4v) is 5.13. The number of benzene rings is 2. The van der Waals surface area contributed by atoms with Crippen molar-refractivity contribution in [2.45, 2.75) is 6.42 Å². The van der Waals surface area contributed by atoms with E-state index in [0.717, 1.165) is 0 Å². The van der Waals surface area contributed by atoms with Crippen LogP contribution in [0.15, 0.2) is 42.5 Å². The third-order valence-corrected chi connectivity index (χ3v) is 7.28. The van der Waals surface area contributed by atoms with Crippen LogP contribution < -0.4 is 19.7 Å². The molecule has 2 aromatic rings. The predicted molar refractivity (Wildman–Crippen MR) is 113 cm³/mol. The average molecular weight is 450 g/mol. The first kappa shape index (κ1) is 21.4. The zero-order valence-corrected chi connectivity index (χ0v) is 17.7. The number of hydrogen-bond donors (Lipinski definition) is 1. The molecule has 166 valence electrons. The maximum Gasteiger partial charge on any atom is 0.251 e. The fraction of sp³-hybridized carbons (Fsp3) is 0.381. The van der Waals surface area contributed by atoms with E-state index in [4.69, 9.17) is 9.47 Å². The molecule has 0 bridgehead atoms. The number of ether oxygens (including phenoxy) is 2. The number of para-hydroxylation sites is 1. The Labute approximate surface area is 180 Å². The molecule has 8 nitrogen and oxygen atoms in total. The van der Waals surface area contributed by atoms with Gasteiger partial charge >= 0.3 is 0 Å². The van der Waals surface area contributed by atoms with E-state index in [9.17, 15) is 17.6 Å². The molecule has 1 N–H and O–H groups in total. The quantitative estimate of drug-likeness (QED) is 0.649. The Bertz CT molecular complexity index is 1050. The van der Waals surface area contributed by atoms with Crippen molar-refractivity contribution >= 4 is 21.6 Å². The van der Waals surface area contributed by atoms with Crippen LogP contribution in [0, 0.1) is 5.82 Å². The van der Waals surface area contributed by atoms with Gasteiger partial charge in [0.2, 0.25) is 16.8 Å². The van der Waals surface area contributed by atoms with Gasteiger partial charge in [-0.05, 0) is 36.8 Å². The van der Waals surface area contributed by atoms with E-state index >= 15 is 0 Å². The van der Waals surface area contributed by atoms with Crippen molar-refractivity contribution in [2.24, 2.45) is 0 Å². The van der Waals surface area contributed by atoms with Crippen molar-refractivity contribution in [1.82, 2.24) is 9.62 Å². The van der Waals surface area contributed by atoms with Crippen molar-refractivity contribution < 1.29 is 27.1 Å². The number of anilines is 1. The lowest BCUT2D eigenvalue weighted by molar-refractivity contribution is 0.0953.